The zero-order valence-electron chi connectivity index (χ0n) is 15.6. The summed E-state index contributed by atoms with van der Waals surface area (Å²) in [5.41, 5.74) is 2.92. The first-order chi connectivity index (χ1) is 13.0. The minimum atomic E-state index is -0.281. The van der Waals surface area contributed by atoms with Gasteiger partial charge in [0.2, 0.25) is 11.8 Å². The molecule has 5 heteroatoms. The van der Waals surface area contributed by atoms with Crippen molar-refractivity contribution in [1.29, 1.82) is 0 Å². The second kappa shape index (κ2) is 9.05. The SMILES string of the molecule is Cc1cc(Cl)ccc1NC(=O)CC(=O)N1CCC(Cc2ccccc2)CC1. The Morgan fingerprint density at radius 1 is 1.11 bits per heavy atom. The van der Waals surface area contributed by atoms with E-state index in [2.05, 4.69) is 29.6 Å². The highest BCUT2D eigenvalue weighted by Crippen LogP contribution is 2.23. The van der Waals surface area contributed by atoms with Crippen LogP contribution in [-0.2, 0) is 16.0 Å². The highest BCUT2D eigenvalue weighted by atomic mass is 35.5. The molecule has 142 valence electrons. The van der Waals surface area contributed by atoms with E-state index in [4.69, 9.17) is 11.6 Å². The number of benzene rings is 2. The first-order valence-corrected chi connectivity index (χ1v) is 9.77. The van der Waals surface area contributed by atoms with Gasteiger partial charge in [-0.25, -0.2) is 0 Å². The van der Waals surface area contributed by atoms with Gasteiger partial charge in [0.25, 0.3) is 0 Å². The van der Waals surface area contributed by atoms with E-state index in [0.717, 1.165) is 37.9 Å². The molecule has 0 bridgehead atoms. The molecule has 0 unspecified atom stereocenters. The average Bonchev–Trinajstić information content (AvgIpc) is 2.65. The first-order valence-electron chi connectivity index (χ1n) is 9.39. The van der Waals surface area contributed by atoms with Crippen LogP contribution in [0.25, 0.3) is 0 Å². The number of nitrogens with one attached hydrogen (secondary N) is 1. The summed E-state index contributed by atoms with van der Waals surface area (Å²) < 4.78 is 0. The van der Waals surface area contributed by atoms with Crippen LogP contribution in [-0.4, -0.2) is 29.8 Å². The van der Waals surface area contributed by atoms with Gasteiger partial charge < -0.3 is 10.2 Å². The third-order valence-electron chi connectivity index (χ3n) is 5.11. The van der Waals surface area contributed by atoms with Gasteiger partial charge >= 0.3 is 0 Å². The number of nitrogens with zero attached hydrogens (tertiary/aromatic N) is 1. The molecular weight excluding hydrogens is 360 g/mol. The van der Waals surface area contributed by atoms with Crippen molar-refractivity contribution in [3.05, 3.63) is 64.7 Å². The standard InChI is InChI=1S/C22H25ClN2O2/c1-16-13-19(23)7-8-20(16)24-21(26)15-22(27)25-11-9-18(10-12-25)14-17-5-3-2-4-6-17/h2-8,13,18H,9-12,14-15H2,1H3,(H,24,26). The lowest BCUT2D eigenvalue weighted by Crippen LogP contribution is -2.40. The Morgan fingerprint density at radius 3 is 2.48 bits per heavy atom. The molecule has 1 saturated heterocycles. The van der Waals surface area contributed by atoms with E-state index in [-0.39, 0.29) is 18.2 Å². The molecule has 2 aromatic rings. The van der Waals surface area contributed by atoms with E-state index in [1.165, 1.54) is 5.56 Å². The number of amides is 2. The second-order valence-corrected chi connectivity index (χ2v) is 7.63. The van der Waals surface area contributed by atoms with Crippen molar-refractivity contribution in [3.8, 4) is 0 Å². The molecule has 4 nitrogen and oxygen atoms in total. The summed E-state index contributed by atoms with van der Waals surface area (Å²) in [6.07, 6.45) is 2.90. The zero-order valence-corrected chi connectivity index (χ0v) is 16.3. The highest BCUT2D eigenvalue weighted by Gasteiger charge is 2.24. The maximum atomic E-state index is 12.4. The van der Waals surface area contributed by atoms with Crippen LogP contribution in [0.2, 0.25) is 5.02 Å². The topological polar surface area (TPSA) is 49.4 Å². The van der Waals surface area contributed by atoms with Crippen molar-refractivity contribution >= 4 is 29.1 Å². The lowest BCUT2D eigenvalue weighted by molar-refractivity contribution is -0.135. The quantitative estimate of drug-likeness (QED) is 0.774. The maximum Gasteiger partial charge on any atom is 0.233 e. The third kappa shape index (κ3) is 5.57. The molecule has 3 rings (SSSR count). The molecule has 0 radical (unpaired) electrons. The maximum absolute atomic E-state index is 12.4. The van der Waals surface area contributed by atoms with Crippen LogP contribution in [0.3, 0.4) is 0 Å². The van der Waals surface area contributed by atoms with Gasteiger partial charge in [-0.05, 0) is 61.4 Å². The van der Waals surface area contributed by atoms with Crippen LogP contribution in [0.1, 0.15) is 30.4 Å². The number of rotatable bonds is 5. The smallest absolute Gasteiger partial charge is 0.233 e. The summed E-state index contributed by atoms with van der Waals surface area (Å²) in [6.45, 7) is 3.33. The third-order valence-corrected chi connectivity index (χ3v) is 5.34. The van der Waals surface area contributed by atoms with Crippen LogP contribution in [0.5, 0.6) is 0 Å². The molecule has 0 saturated carbocycles. The molecule has 0 spiro atoms. The molecule has 1 aliphatic rings. The summed E-state index contributed by atoms with van der Waals surface area (Å²) in [7, 11) is 0. The number of carbonyl (C=O) groups excluding carboxylic acids is 2. The summed E-state index contributed by atoms with van der Waals surface area (Å²) in [5.74, 6) is 0.219. The summed E-state index contributed by atoms with van der Waals surface area (Å²) >= 11 is 5.93. The Hall–Kier alpha value is -2.33. The van der Waals surface area contributed by atoms with Gasteiger partial charge in [-0.15, -0.1) is 0 Å². The van der Waals surface area contributed by atoms with Gasteiger partial charge in [-0.3, -0.25) is 9.59 Å². The Morgan fingerprint density at radius 2 is 1.81 bits per heavy atom. The van der Waals surface area contributed by atoms with E-state index in [1.807, 2.05) is 17.9 Å². The minimum Gasteiger partial charge on any atom is -0.342 e. The summed E-state index contributed by atoms with van der Waals surface area (Å²) in [5, 5.41) is 3.43. The number of hydrogen-bond donors (Lipinski definition) is 1. The Bertz CT molecular complexity index is 799. The minimum absolute atomic E-state index is 0.0997. The lowest BCUT2D eigenvalue weighted by Gasteiger charge is -2.32. The van der Waals surface area contributed by atoms with Crippen LogP contribution < -0.4 is 5.32 Å². The number of halogens is 1. The summed E-state index contributed by atoms with van der Waals surface area (Å²) in [6, 6.07) is 15.7. The van der Waals surface area contributed by atoms with Crippen molar-refractivity contribution in [1.82, 2.24) is 4.90 Å². The fourth-order valence-corrected chi connectivity index (χ4v) is 3.77. The first kappa shape index (κ1) is 19.4. The largest absolute Gasteiger partial charge is 0.342 e. The number of hydrogen-bond acceptors (Lipinski definition) is 2. The molecule has 1 aliphatic heterocycles. The number of aryl methyl sites for hydroxylation is 1. The Kier molecular flexibility index (Phi) is 6.51. The predicted molar refractivity (Wildman–Crippen MR) is 109 cm³/mol. The van der Waals surface area contributed by atoms with Crippen LogP contribution in [0.4, 0.5) is 5.69 Å². The lowest BCUT2D eigenvalue weighted by atomic mass is 9.90. The molecule has 0 atom stereocenters. The normalized spacial score (nSPS) is 14.8. The molecule has 2 aromatic carbocycles. The van der Waals surface area contributed by atoms with Crippen molar-refractivity contribution < 1.29 is 9.59 Å². The molecule has 0 aromatic heterocycles. The van der Waals surface area contributed by atoms with Crippen molar-refractivity contribution in [2.45, 2.75) is 32.6 Å². The van der Waals surface area contributed by atoms with E-state index in [9.17, 15) is 9.59 Å². The van der Waals surface area contributed by atoms with Gasteiger partial charge in [0.1, 0.15) is 6.42 Å². The molecule has 1 heterocycles. The van der Waals surface area contributed by atoms with Crippen LogP contribution in [0, 0.1) is 12.8 Å². The monoisotopic (exact) mass is 384 g/mol. The number of anilines is 1. The molecule has 1 N–H and O–H groups in total. The van der Waals surface area contributed by atoms with E-state index < -0.39 is 0 Å². The van der Waals surface area contributed by atoms with E-state index in [1.54, 1.807) is 18.2 Å². The van der Waals surface area contributed by atoms with Gasteiger partial charge in [0.05, 0.1) is 0 Å². The van der Waals surface area contributed by atoms with Gasteiger partial charge in [-0.1, -0.05) is 41.9 Å². The average molecular weight is 385 g/mol. The van der Waals surface area contributed by atoms with Crippen LogP contribution >= 0.6 is 11.6 Å². The summed E-state index contributed by atoms with van der Waals surface area (Å²) in [4.78, 5) is 26.5. The fourth-order valence-electron chi connectivity index (χ4n) is 3.54. The number of likely N-dealkylation sites (tertiary alicyclic amines) is 1. The Balaban J connectivity index is 1.45. The van der Waals surface area contributed by atoms with E-state index >= 15 is 0 Å². The van der Waals surface area contributed by atoms with E-state index in [0.29, 0.717) is 16.6 Å². The van der Waals surface area contributed by atoms with Crippen LogP contribution in [0.15, 0.2) is 48.5 Å². The Labute approximate surface area is 165 Å². The van der Waals surface area contributed by atoms with Crippen molar-refractivity contribution in [2.24, 2.45) is 5.92 Å². The predicted octanol–water partition coefficient (Wildman–Crippen LogP) is 4.46. The van der Waals surface area contributed by atoms with Crippen molar-refractivity contribution in [2.75, 3.05) is 18.4 Å². The highest BCUT2D eigenvalue weighted by molar-refractivity contribution is 6.30. The second-order valence-electron chi connectivity index (χ2n) is 7.20. The van der Waals surface area contributed by atoms with Crippen molar-refractivity contribution in [3.63, 3.8) is 0 Å². The van der Waals surface area contributed by atoms with Gasteiger partial charge in [-0.2, -0.15) is 0 Å². The van der Waals surface area contributed by atoms with Gasteiger partial charge in [0, 0.05) is 23.8 Å². The molecule has 2 amide bonds. The van der Waals surface area contributed by atoms with Gasteiger partial charge in [0.15, 0.2) is 0 Å². The fraction of sp³-hybridized carbons (Fsp3) is 0.364. The number of carbonyl (C=O) groups is 2. The zero-order chi connectivity index (χ0) is 19.2. The number of piperidine rings is 1. The molecule has 0 aliphatic carbocycles. The molecular formula is C22H25ClN2O2. The molecule has 27 heavy (non-hydrogen) atoms. The molecule has 1 fully saturated rings.